The first-order valence-corrected chi connectivity index (χ1v) is 7.90. The van der Waals surface area contributed by atoms with Crippen molar-refractivity contribution in [2.24, 2.45) is 0 Å². The third-order valence-corrected chi connectivity index (χ3v) is 4.02. The molecule has 2 rings (SSSR count). The van der Waals surface area contributed by atoms with Crippen molar-refractivity contribution in [2.45, 2.75) is 59.0 Å². The molecule has 1 N–H and O–H groups in total. The lowest BCUT2D eigenvalue weighted by Gasteiger charge is -2.30. The maximum atomic E-state index is 12.9. The van der Waals surface area contributed by atoms with E-state index in [2.05, 4.69) is 29.4 Å². The minimum absolute atomic E-state index is 0.0774. The van der Waals surface area contributed by atoms with Crippen LogP contribution in [0.25, 0.3) is 0 Å². The Morgan fingerprint density at radius 1 is 1.48 bits per heavy atom. The molecule has 1 aromatic rings. The molecule has 0 aromatic carbocycles. The van der Waals surface area contributed by atoms with E-state index in [-0.39, 0.29) is 11.9 Å². The number of rotatable bonds is 5. The van der Waals surface area contributed by atoms with Crippen molar-refractivity contribution in [3.05, 3.63) is 23.0 Å². The summed E-state index contributed by atoms with van der Waals surface area (Å²) in [7, 11) is 0. The molecular formula is C16H26N4O. The maximum absolute atomic E-state index is 12.9. The minimum Gasteiger partial charge on any atom is -0.335 e. The number of hydrogen-bond donors (Lipinski definition) is 1. The molecule has 1 unspecified atom stereocenters. The minimum atomic E-state index is 0.0774. The molecule has 1 fully saturated rings. The fraction of sp³-hybridized carbons (Fsp3) is 0.688. The van der Waals surface area contributed by atoms with E-state index in [0.29, 0.717) is 11.6 Å². The number of nitrogens with one attached hydrogen (secondary N) is 1. The van der Waals surface area contributed by atoms with Crippen LogP contribution in [0, 0.1) is 6.92 Å². The van der Waals surface area contributed by atoms with Gasteiger partial charge in [0.05, 0.1) is 17.0 Å². The molecule has 1 atom stereocenters. The van der Waals surface area contributed by atoms with Crippen LogP contribution in [0.3, 0.4) is 0 Å². The smallest absolute Gasteiger partial charge is 0.256 e. The Labute approximate surface area is 127 Å². The monoisotopic (exact) mass is 290 g/mol. The zero-order chi connectivity index (χ0) is 15.4. The van der Waals surface area contributed by atoms with Crippen molar-refractivity contribution < 1.29 is 4.79 Å². The third kappa shape index (κ3) is 3.79. The summed E-state index contributed by atoms with van der Waals surface area (Å²) in [5.74, 6) is 0.0774. The van der Waals surface area contributed by atoms with Crippen LogP contribution in [-0.2, 0) is 6.42 Å². The Hall–Kier alpha value is -1.49. The maximum Gasteiger partial charge on any atom is 0.256 e. The van der Waals surface area contributed by atoms with Crippen LogP contribution in [0.5, 0.6) is 0 Å². The Morgan fingerprint density at radius 3 is 2.81 bits per heavy atom. The molecule has 1 aliphatic heterocycles. The number of carbonyl (C=O) groups excluding carboxylic acids is 1. The molecule has 0 spiro atoms. The average molecular weight is 290 g/mol. The van der Waals surface area contributed by atoms with Gasteiger partial charge in [0, 0.05) is 18.6 Å². The van der Waals surface area contributed by atoms with E-state index in [4.69, 9.17) is 0 Å². The Balaban J connectivity index is 2.23. The van der Waals surface area contributed by atoms with Crippen LogP contribution in [0.15, 0.2) is 6.07 Å². The van der Waals surface area contributed by atoms with Crippen molar-refractivity contribution in [1.82, 2.24) is 20.4 Å². The number of hydrogen-bond acceptors (Lipinski definition) is 4. The molecule has 5 heteroatoms. The molecule has 116 valence electrons. The second-order valence-electron chi connectivity index (χ2n) is 6.04. The predicted molar refractivity (Wildman–Crippen MR) is 83.3 cm³/mol. The van der Waals surface area contributed by atoms with E-state index >= 15 is 0 Å². The molecule has 1 aliphatic rings. The zero-order valence-corrected chi connectivity index (χ0v) is 13.5. The number of aryl methyl sites for hydroxylation is 2. The van der Waals surface area contributed by atoms with Gasteiger partial charge in [-0.2, -0.15) is 10.2 Å². The van der Waals surface area contributed by atoms with Gasteiger partial charge in [-0.05, 0) is 52.6 Å². The molecule has 1 aromatic heterocycles. The first-order valence-electron chi connectivity index (χ1n) is 7.90. The van der Waals surface area contributed by atoms with Gasteiger partial charge in [0.1, 0.15) is 0 Å². The molecule has 0 radical (unpaired) electrons. The highest BCUT2D eigenvalue weighted by Gasteiger charge is 2.26. The van der Waals surface area contributed by atoms with Gasteiger partial charge < -0.3 is 10.2 Å². The lowest BCUT2D eigenvalue weighted by atomic mass is 10.1. The van der Waals surface area contributed by atoms with E-state index in [1.165, 1.54) is 6.42 Å². The molecule has 0 bridgehead atoms. The van der Waals surface area contributed by atoms with Gasteiger partial charge in [-0.3, -0.25) is 4.79 Å². The van der Waals surface area contributed by atoms with Gasteiger partial charge in [-0.25, -0.2) is 0 Å². The van der Waals surface area contributed by atoms with Gasteiger partial charge in [0.2, 0.25) is 0 Å². The van der Waals surface area contributed by atoms with Gasteiger partial charge in [0.15, 0.2) is 0 Å². The standard InChI is InChI=1S/C16H26N4O/c1-5-15-14(9-12(4)18-19-15)16(21)20(11(2)3)10-13-7-6-8-17-13/h9,11,13,17H,5-8,10H2,1-4H3. The first-order chi connectivity index (χ1) is 10.0. The van der Waals surface area contributed by atoms with Crippen molar-refractivity contribution >= 4 is 5.91 Å². The molecule has 0 saturated carbocycles. The zero-order valence-electron chi connectivity index (χ0n) is 13.5. The summed E-state index contributed by atoms with van der Waals surface area (Å²) in [6, 6.07) is 2.46. The van der Waals surface area contributed by atoms with Crippen LogP contribution in [0.4, 0.5) is 0 Å². The summed E-state index contributed by atoms with van der Waals surface area (Å²) >= 11 is 0. The van der Waals surface area contributed by atoms with E-state index in [0.717, 1.165) is 37.3 Å². The second kappa shape index (κ2) is 6.98. The molecule has 21 heavy (non-hydrogen) atoms. The normalized spacial score (nSPS) is 18.2. The summed E-state index contributed by atoms with van der Waals surface area (Å²) in [5, 5.41) is 11.7. The van der Waals surface area contributed by atoms with E-state index < -0.39 is 0 Å². The van der Waals surface area contributed by atoms with Gasteiger partial charge in [-0.15, -0.1) is 0 Å². The summed E-state index contributed by atoms with van der Waals surface area (Å²) in [5.41, 5.74) is 2.28. The van der Waals surface area contributed by atoms with Crippen molar-refractivity contribution in [2.75, 3.05) is 13.1 Å². The Morgan fingerprint density at radius 2 is 2.24 bits per heavy atom. The van der Waals surface area contributed by atoms with Crippen LogP contribution < -0.4 is 5.32 Å². The lowest BCUT2D eigenvalue weighted by molar-refractivity contribution is 0.0687. The van der Waals surface area contributed by atoms with Crippen LogP contribution in [-0.4, -0.2) is 46.2 Å². The van der Waals surface area contributed by atoms with Gasteiger partial charge in [0.25, 0.3) is 5.91 Å². The van der Waals surface area contributed by atoms with Crippen LogP contribution >= 0.6 is 0 Å². The Kier molecular flexibility index (Phi) is 5.28. The fourth-order valence-electron chi connectivity index (χ4n) is 2.79. The molecular weight excluding hydrogens is 264 g/mol. The largest absolute Gasteiger partial charge is 0.335 e. The van der Waals surface area contributed by atoms with Crippen molar-refractivity contribution in [3.8, 4) is 0 Å². The van der Waals surface area contributed by atoms with Gasteiger partial charge in [-0.1, -0.05) is 6.92 Å². The number of nitrogens with zero attached hydrogens (tertiary/aromatic N) is 3. The second-order valence-corrected chi connectivity index (χ2v) is 6.04. The van der Waals surface area contributed by atoms with E-state index in [9.17, 15) is 4.79 Å². The molecule has 1 saturated heterocycles. The summed E-state index contributed by atoms with van der Waals surface area (Å²) < 4.78 is 0. The molecule has 1 amide bonds. The Bertz CT molecular complexity index is 495. The number of amides is 1. The van der Waals surface area contributed by atoms with E-state index in [1.54, 1.807) is 0 Å². The van der Waals surface area contributed by atoms with Crippen molar-refractivity contribution in [3.63, 3.8) is 0 Å². The van der Waals surface area contributed by atoms with E-state index in [1.807, 2.05) is 24.8 Å². The molecule has 2 heterocycles. The third-order valence-electron chi connectivity index (χ3n) is 4.02. The number of carbonyl (C=O) groups is 1. The van der Waals surface area contributed by atoms with Crippen molar-refractivity contribution in [1.29, 1.82) is 0 Å². The first kappa shape index (κ1) is 15.9. The summed E-state index contributed by atoms with van der Waals surface area (Å²) in [6.07, 6.45) is 3.06. The molecule has 0 aliphatic carbocycles. The summed E-state index contributed by atoms with van der Waals surface area (Å²) in [6.45, 7) is 9.84. The van der Waals surface area contributed by atoms with Crippen LogP contribution in [0.2, 0.25) is 0 Å². The predicted octanol–water partition coefficient (Wildman–Crippen LogP) is 1.95. The SMILES string of the molecule is CCc1nnc(C)cc1C(=O)N(CC1CCCN1)C(C)C. The number of aromatic nitrogens is 2. The average Bonchev–Trinajstić information content (AvgIpc) is 2.96. The summed E-state index contributed by atoms with van der Waals surface area (Å²) in [4.78, 5) is 14.9. The fourth-order valence-corrected chi connectivity index (χ4v) is 2.79. The lowest BCUT2D eigenvalue weighted by Crippen LogP contribution is -2.45. The highest BCUT2D eigenvalue weighted by molar-refractivity contribution is 5.95. The highest BCUT2D eigenvalue weighted by Crippen LogP contribution is 2.16. The van der Waals surface area contributed by atoms with Crippen LogP contribution in [0.1, 0.15) is 55.4 Å². The topological polar surface area (TPSA) is 58.1 Å². The quantitative estimate of drug-likeness (QED) is 0.900. The molecule has 5 nitrogen and oxygen atoms in total. The van der Waals surface area contributed by atoms with Gasteiger partial charge >= 0.3 is 0 Å². The highest BCUT2D eigenvalue weighted by atomic mass is 16.2.